The number of amides is 5. The number of ether oxygens (including phenoxy) is 6. The summed E-state index contributed by atoms with van der Waals surface area (Å²) in [5.41, 5.74) is 9.04. The molecule has 0 saturated carbocycles. The molecule has 0 aromatic heterocycles. The molecule has 1 heterocycles. The highest BCUT2D eigenvalue weighted by Crippen LogP contribution is 2.33. The third-order valence-corrected chi connectivity index (χ3v) is 10.1. The van der Waals surface area contributed by atoms with Crippen LogP contribution in [-0.2, 0) is 28.5 Å². The minimum Gasteiger partial charge on any atom is -0.461 e. The van der Waals surface area contributed by atoms with Crippen molar-refractivity contribution in [2.75, 3.05) is 33.2 Å². The number of hydrogen-bond acceptors (Lipinski definition) is 11. The van der Waals surface area contributed by atoms with Crippen molar-refractivity contribution in [2.24, 2.45) is 0 Å². The Hall–Kier alpha value is -7.85. The molecule has 1 aliphatic heterocycles. The van der Waals surface area contributed by atoms with E-state index in [1.165, 1.54) is 12.1 Å². The van der Waals surface area contributed by atoms with E-state index in [0.717, 1.165) is 50.6 Å². The molecule has 5 aromatic carbocycles. The fourth-order valence-corrected chi connectivity index (χ4v) is 7.77. The number of aryl methyl sites for hydroxylation is 8. The summed E-state index contributed by atoms with van der Waals surface area (Å²) in [5.74, 6) is -0.286. The molecule has 6 rings (SSSR count). The van der Waals surface area contributed by atoms with Crippen molar-refractivity contribution >= 4 is 58.7 Å². The third kappa shape index (κ3) is 14.3. The number of rotatable bonds is 13. The second-order valence-electron chi connectivity index (χ2n) is 16.6. The second-order valence-corrected chi connectivity index (χ2v) is 16.6. The number of nitrogens with one attached hydrogen (secondary N) is 5. The monoisotopic (exact) mass is 913 g/mol. The quantitative estimate of drug-likeness (QED) is 0.0556. The normalized spacial score (nSPS) is 17.5. The summed E-state index contributed by atoms with van der Waals surface area (Å²) in [6, 6.07) is 27.8. The first kappa shape index (κ1) is 48.6. The molecule has 0 aliphatic carbocycles. The van der Waals surface area contributed by atoms with Gasteiger partial charge < -0.3 is 33.7 Å². The van der Waals surface area contributed by atoms with Crippen LogP contribution in [0.1, 0.15) is 44.5 Å². The molecule has 5 atom stereocenters. The van der Waals surface area contributed by atoms with Crippen molar-refractivity contribution in [2.45, 2.75) is 86.1 Å². The molecule has 5 aromatic rings. The summed E-state index contributed by atoms with van der Waals surface area (Å²) >= 11 is 0. The van der Waals surface area contributed by atoms with Gasteiger partial charge in [0.25, 0.3) is 0 Å². The van der Waals surface area contributed by atoms with E-state index in [1.54, 1.807) is 60.7 Å². The van der Waals surface area contributed by atoms with Crippen LogP contribution in [0.3, 0.4) is 0 Å². The minimum atomic E-state index is -1.71. The molecule has 1 aliphatic rings. The van der Waals surface area contributed by atoms with E-state index < -0.39 is 67.6 Å². The standard InChI is InChI=1S/C51H55N5O11/c1-10-43(57)52-36-11-13-41(14-12-36)63-47-46(67-51(61)56-40-25-34(8)18-35(9)26-40)45(66-50(60)55-39-23-32(6)17-33(7)24-39)44(65-49(59)54-38-21-30(4)16-31(5)22-38)42(64-47)27-62-48(58)53-37-19-28(2)15-29(3)20-37/h10-26,42,44-47H,1,27H2,2-9H3,(H,52,57)(H,53,58)(H,54,59)(H,55,60)(H,56,61)/t42-,44-,45+,46-,47+/m1/s1. The number of carbonyl (C=O) groups excluding carboxylic acids is 5. The lowest BCUT2D eigenvalue weighted by Crippen LogP contribution is -2.64. The zero-order valence-corrected chi connectivity index (χ0v) is 38.6. The fourth-order valence-electron chi connectivity index (χ4n) is 7.77. The summed E-state index contributed by atoms with van der Waals surface area (Å²) in [6.45, 7) is 17.8. The van der Waals surface area contributed by atoms with Gasteiger partial charge in [-0.1, -0.05) is 30.8 Å². The summed E-state index contributed by atoms with van der Waals surface area (Å²) < 4.78 is 36.9. The molecule has 1 saturated heterocycles. The van der Waals surface area contributed by atoms with E-state index in [-0.39, 0.29) is 5.75 Å². The predicted molar refractivity (Wildman–Crippen MR) is 255 cm³/mol. The van der Waals surface area contributed by atoms with Crippen molar-refractivity contribution in [3.63, 3.8) is 0 Å². The topological polar surface area (TPSA) is 201 Å². The second kappa shape index (κ2) is 21.9. The third-order valence-electron chi connectivity index (χ3n) is 10.1. The van der Waals surface area contributed by atoms with Gasteiger partial charge in [-0.15, -0.1) is 0 Å². The van der Waals surface area contributed by atoms with Crippen molar-refractivity contribution in [3.05, 3.63) is 154 Å². The Morgan fingerprint density at radius 1 is 0.478 bits per heavy atom. The molecule has 0 bridgehead atoms. The number of benzene rings is 5. The van der Waals surface area contributed by atoms with E-state index >= 15 is 0 Å². The Balaban J connectivity index is 1.41. The van der Waals surface area contributed by atoms with Crippen LogP contribution in [0.15, 0.2) is 110 Å². The summed E-state index contributed by atoms with van der Waals surface area (Å²) in [4.78, 5) is 67.5. The van der Waals surface area contributed by atoms with Crippen molar-refractivity contribution in [1.82, 2.24) is 0 Å². The molecule has 0 spiro atoms. The highest BCUT2D eigenvalue weighted by Gasteiger charge is 2.54. The van der Waals surface area contributed by atoms with E-state index in [9.17, 15) is 24.0 Å². The molecule has 67 heavy (non-hydrogen) atoms. The highest BCUT2D eigenvalue weighted by atomic mass is 16.7. The molecule has 0 radical (unpaired) electrons. The number of anilines is 5. The largest absolute Gasteiger partial charge is 0.461 e. The van der Waals surface area contributed by atoms with Gasteiger partial charge in [-0.3, -0.25) is 26.1 Å². The van der Waals surface area contributed by atoms with E-state index in [0.29, 0.717) is 28.4 Å². The van der Waals surface area contributed by atoms with Crippen LogP contribution in [-0.4, -0.2) is 67.6 Å². The van der Waals surface area contributed by atoms with Gasteiger partial charge in [0.2, 0.25) is 18.3 Å². The molecular formula is C51H55N5O11. The Morgan fingerprint density at radius 2 is 0.836 bits per heavy atom. The molecule has 0 unspecified atom stereocenters. The first-order valence-corrected chi connectivity index (χ1v) is 21.4. The first-order valence-electron chi connectivity index (χ1n) is 21.4. The first-order chi connectivity index (χ1) is 31.9. The fraction of sp³-hybridized carbons (Fsp3) is 0.275. The van der Waals surface area contributed by atoms with Crippen LogP contribution in [0.4, 0.5) is 47.6 Å². The molecule has 350 valence electrons. The highest BCUT2D eigenvalue weighted by molar-refractivity contribution is 5.98. The van der Waals surface area contributed by atoms with Crippen molar-refractivity contribution < 1.29 is 52.4 Å². The lowest BCUT2D eigenvalue weighted by Gasteiger charge is -2.44. The van der Waals surface area contributed by atoms with Crippen LogP contribution in [0.2, 0.25) is 0 Å². The average molecular weight is 914 g/mol. The SMILES string of the molecule is C=CC(=O)Nc1ccc(O[C@H]2O[C@H](COC(=O)Nc3cc(C)cc(C)c3)[C@@H](OC(=O)Nc3cc(C)cc(C)c3)[C@H](OC(=O)Nc3cc(C)cc(C)c3)[C@H]2OC(=O)Nc2cc(C)cc(C)c2)cc1. The molecule has 16 heteroatoms. The average Bonchev–Trinajstić information content (AvgIpc) is 3.21. The molecule has 1 fully saturated rings. The maximum atomic E-state index is 14.1. The lowest BCUT2D eigenvalue weighted by molar-refractivity contribution is -0.272. The molecule has 16 nitrogen and oxygen atoms in total. The summed E-state index contributed by atoms with van der Waals surface area (Å²) in [6.07, 6.45) is -10.9. The lowest BCUT2D eigenvalue weighted by atomic mass is 9.98. The van der Waals surface area contributed by atoms with Gasteiger partial charge in [-0.25, -0.2) is 19.2 Å². The zero-order valence-electron chi connectivity index (χ0n) is 38.6. The molecule has 5 amide bonds. The maximum Gasteiger partial charge on any atom is 0.412 e. The van der Waals surface area contributed by atoms with Crippen molar-refractivity contribution in [3.8, 4) is 5.75 Å². The van der Waals surface area contributed by atoms with Gasteiger partial charge in [-0.05, 0) is 179 Å². The number of hydrogen-bond donors (Lipinski definition) is 5. The van der Waals surface area contributed by atoms with Gasteiger partial charge in [0.15, 0.2) is 12.2 Å². The maximum absolute atomic E-state index is 14.1. The van der Waals surface area contributed by atoms with Gasteiger partial charge in [-0.2, -0.15) is 0 Å². The Bertz CT molecular complexity index is 2570. The Morgan fingerprint density at radius 3 is 1.22 bits per heavy atom. The van der Waals surface area contributed by atoms with Crippen LogP contribution in [0, 0.1) is 55.4 Å². The van der Waals surface area contributed by atoms with E-state index in [2.05, 4.69) is 33.2 Å². The van der Waals surface area contributed by atoms with Crippen LogP contribution >= 0.6 is 0 Å². The smallest absolute Gasteiger partial charge is 0.412 e. The summed E-state index contributed by atoms with van der Waals surface area (Å²) in [7, 11) is 0. The zero-order chi connectivity index (χ0) is 48.4. The Labute approximate surface area is 389 Å². The minimum absolute atomic E-state index is 0.155. The van der Waals surface area contributed by atoms with E-state index in [1.807, 2.05) is 79.7 Å². The molecule has 5 N–H and O–H groups in total. The van der Waals surface area contributed by atoms with Gasteiger partial charge in [0, 0.05) is 28.4 Å². The van der Waals surface area contributed by atoms with Crippen LogP contribution in [0.5, 0.6) is 5.75 Å². The number of carbonyl (C=O) groups is 5. The van der Waals surface area contributed by atoms with Crippen LogP contribution in [0.25, 0.3) is 0 Å². The van der Waals surface area contributed by atoms with Crippen molar-refractivity contribution in [1.29, 1.82) is 0 Å². The van der Waals surface area contributed by atoms with Gasteiger partial charge >= 0.3 is 24.4 Å². The van der Waals surface area contributed by atoms with Gasteiger partial charge in [0.1, 0.15) is 18.5 Å². The summed E-state index contributed by atoms with van der Waals surface area (Å²) in [5, 5.41) is 13.5. The van der Waals surface area contributed by atoms with Gasteiger partial charge in [0.05, 0.1) is 0 Å². The Kier molecular flexibility index (Phi) is 15.9. The molecular weight excluding hydrogens is 859 g/mol. The predicted octanol–water partition coefficient (Wildman–Crippen LogP) is 10.5. The van der Waals surface area contributed by atoms with E-state index in [4.69, 9.17) is 28.4 Å². The van der Waals surface area contributed by atoms with Crippen LogP contribution < -0.4 is 31.3 Å².